The minimum atomic E-state index is -0.571. The van der Waals surface area contributed by atoms with Gasteiger partial charge in [-0.05, 0) is 26.8 Å². The number of carbonyl (C=O) groups excluding carboxylic acids is 1. The minimum absolute atomic E-state index is 0.0369. The topological polar surface area (TPSA) is 61.8 Å². The highest BCUT2D eigenvalue weighted by Gasteiger charge is 2.31. The van der Waals surface area contributed by atoms with Crippen LogP contribution in [0.4, 0.5) is 5.69 Å². The number of ether oxygens (including phenoxy) is 1. The van der Waals surface area contributed by atoms with E-state index in [4.69, 9.17) is 4.74 Å². The summed E-state index contributed by atoms with van der Waals surface area (Å²) in [5.41, 5.74) is 1.74. The first-order valence-corrected chi connectivity index (χ1v) is 7.42. The molecule has 21 heavy (non-hydrogen) atoms. The summed E-state index contributed by atoms with van der Waals surface area (Å²) in [5, 5.41) is 12.9. The maximum atomic E-state index is 12.4. The smallest absolute Gasteiger partial charge is 0.245 e. The molecule has 0 spiro atoms. The average molecular weight is 292 g/mol. The van der Waals surface area contributed by atoms with Gasteiger partial charge in [-0.25, -0.2) is 0 Å². The van der Waals surface area contributed by atoms with Gasteiger partial charge in [0.2, 0.25) is 5.91 Å². The zero-order valence-electron chi connectivity index (χ0n) is 12.9. The number of para-hydroxylation sites is 1. The van der Waals surface area contributed by atoms with Crippen LogP contribution >= 0.6 is 0 Å². The monoisotopic (exact) mass is 292 g/mol. The number of hydrogen-bond donors (Lipinski definition) is 2. The molecule has 2 atom stereocenters. The van der Waals surface area contributed by atoms with Gasteiger partial charge in [0, 0.05) is 23.8 Å². The first kappa shape index (κ1) is 15.8. The Morgan fingerprint density at radius 3 is 2.76 bits per heavy atom. The van der Waals surface area contributed by atoms with Crippen LogP contribution in [0.3, 0.4) is 0 Å². The second kappa shape index (κ2) is 6.91. The quantitative estimate of drug-likeness (QED) is 0.882. The van der Waals surface area contributed by atoms with Gasteiger partial charge in [-0.1, -0.05) is 18.2 Å². The molecule has 2 rings (SSSR count). The van der Waals surface area contributed by atoms with Crippen LogP contribution in [0.15, 0.2) is 24.3 Å². The fraction of sp³-hybridized carbons (Fsp3) is 0.562. The Labute approximate surface area is 125 Å². The van der Waals surface area contributed by atoms with Gasteiger partial charge in [0.25, 0.3) is 0 Å². The van der Waals surface area contributed by atoms with E-state index in [1.165, 1.54) is 0 Å². The fourth-order valence-electron chi connectivity index (χ4n) is 2.59. The third-order valence-electron chi connectivity index (χ3n) is 3.56. The standard InChI is InChI=1S/C16H24N2O3/c1-11(2)17-16(20)15-10-21-9-8-18(15)14-7-5-4-6-13(14)12(3)19/h4-7,11-12,15,19H,8-10H2,1-3H3,(H,17,20)/t12-,15?/m0/s1. The van der Waals surface area contributed by atoms with Crippen LogP contribution in [0.5, 0.6) is 0 Å². The minimum Gasteiger partial charge on any atom is -0.389 e. The first-order valence-electron chi connectivity index (χ1n) is 7.42. The Kier molecular flexibility index (Phi) is 5.20. The average Bonchev–Trinajstić information content (AvgIpc) is 2.46. The van der Waals surface area contributed by atoms with Gasteiger partial charge < -0.3 is 20.1 Å². The van der Waals surface area contributed by atoms with E-state index < -0.39 is 6.10 Å². The third-order valence-corrected chi connectivity index (χ3v) is 3.56. The van der Waals surface area contributed by atoms with E-state index in [1.54, 1.807) is 6.92 Å². The summed E-state index contributed by atoms with van der Waals surface area (Å²) in [6.07, 6.45) is -0.571. The number of nitrogens with one attached hydrogen (secondary N) is 1. The van der Waals surface area contributed by atoms with Crippen molar-refractivity contribution in [1.82, 2.24) is 5.32 Å². The van der Waals surface area contributed by atoms with Crippen LogP contribution in [0.1, 0.15) is 32.4 Å². The number of aliphatic hydroxyl groups is 1. The van der Waals surface area contributed by atoms with E-state index >= 15 is 0 Å². The number of amides is 1. The van der Waals surface area contributed by atoms with Gasteiger partial charge in [-0.2, -0.15) is 0 Å². The molecular formula is C16H24N2O3. The van der Waals surface area contributed by atoms with Gasteiger partial charge in [-0.15, -0.1) is 0 Å². The van der Waals surface area contributed by atoms with Crippen molar-refractivity contribution in [3.05, 3.63) is 29.8 Å². The molecule has 0 radical (unpaired) electrons. The van der Waals surface area contributed by atoms with Gasteiger partial charge in [-0.3, -0.25) is 4.79 Å². The number of hydrogen-bond acceptors (Lipinski definition) is 4. The molecule has 5 heteroatoms. The lowest BCUT2D eigenvalue weighted by Gasteiger charge is -2.38. The molecule has 1 unspecified atom stereocenters. The number of nitrogens with zero attached hydrogens (tertiary/aromatic N) is 1. The fourth-order valence-corrected chi connectivity index (χ4v) is 2.59. The molecule has 1 aromatic rings. The number of benzene rings is 1. The Hall–Kier alpha value is -1.59. The Balaban J connectivity index is 2.29. The number of aliphatic hydroxyl groups excluding tert-OH is 1. The summed E-state index contributed by atoms with van der Waals surface area (Å²) >= 11 is 0. The van der Waals surface area contributed by atoms with E-state index in [-0.39, 0.29) is 18.0 Å². The van der Waals surface area contributed by atoms with Crippen LogP contribution in [0.2, 0.25) is 0 Å². The van der Waals surface area contributed by atoms with E-state index in [0.717, 1.165) is 11.3 Å². The predicted octanol–water partition coefficient (Wildman–Crippen LogP) is 1.47. The largest absolute Gasteiger partial charge is 0.389 e. The van der Waals surface area contributed by atoms with Crippen molar-refractivity contribution in [1.29, 1.82) is 0 Å². The van der Waals surface area contributed by atoms with Crippen molar-refractivity contribution in [2.45, 2.75) is 39.0 Å². The summed E-state index contributed by atoms with van der Waals surface area (Å²) in [7, 11) is 0. The molecule has 1 amide bonds. The molecule has 1 aromatic carbocycles. The Morgan fingerprint density at radius 1 is 1.38 bits per heavy atom. The van der Waals surface area contributed by atoms with Crippen molar-refractivity contribution in [2.75, 3.05) is 24.7 Å². The molecule has 0 saturated carbocycles. The summed E-state index contributed by atoms with van der Waals surface area (Å²) in [6.45, 7) is 7.21. The second-order valence-electron chi connectivity index (χ2n) is 5.68. The lowest BCUT2D eigenvalue weighted by atomic mass is 10.0. The molecule has 5 nitrogen and oxygen atoms in total. The summed E-state index contributed by atoms with van der Waals surface area (Å²) in [6, 6.07) is 7.40. The van der Waals surface area contributed by atoms with Crippen LogP contribution in [-0.2, 0) is 9.53 Å². The van der Waals surface area contributed by atoms with E-state index in [0.29, 0.717) is 19.8 Å². The van der Waals surface area contributed by atoms with Gasteiger partial charge >= 0.3 is 0 Å². The Morgan fingerprint density at radius 2 is 2.10 bits per heavy atom. The molecule has 1 aliphatic heterocycles. The van der Waals surface area contributed by atoms with E-state index in [1.807, 2.05) is 43.0 Å². The number of morpholine rings is 1. The van der Waals surface area contributed by atoms with Crippen molar-refractivity contribution in [3.63, 3.8) is 0 Å². The van der Waals surface area contributed by atoms with Crippen molar-refractivity contribution < 1.29 is 14.6 Å². The predicted molar refractivity (Wildman–Crippen MR) is 82.3 cm³/mol. The zero-order chi connectivity index (χ0) is 15.4. The SMILES string of the molecule is CC(C)NC(=O)C1COCCN1c1ccccc1[C@H](C)O. The molecular weight excluding hydrogens is 268 g/mol. The molecule has 2 N–H and O–H groups in total. The summed E-state index contributed by atoms with van der Waals surface area (Å²) in [4.78, 5) is 14.4. The molecule has 0 aromatic heterocycles. The maximum Gasteiger partial charge on any atom is 0.245 e. The van der Waals surface area contributed by atoms with Crippen LogP contribution < -0.4 is 10.2 Å². The Bertz CT molecular complexity index is 488. The summed E-state index contributed by atoms with van der Waals surface area (Å²) in [5.74, 6) is -0.0369. The number of carbonyl (C=O) groups is 1. The lowest BCUT2D eigenvalue weighted by molar-refractivity contribution is -0.125. The van der Waals surface area contributed by atoms with Crippen LogP contribution in [0.25, 0.3) is 0 Å². The second-order valence-corrected chi connectivity index (χ2v) is 5.68. The molecule has 0 aliphatic carbocycles. The van der Waals surface area contributed by atoms with Crippen molar-refractivity contribution >= 4 is 11.6 Å². The van der Waals surface area contributed by atoms with Crippen LogP contribution in [-0.4, -0.2) is 42.9 Å². The number of rotatable bonds is 4. The lowest BCUT2D eigenvalue weighted by Crippen LogP contribution is -2.55. The normalized spacial score (nSPS) is 20.4. The first-order chi connectivity index (χ1) is 10.0. The molecule has 1 heterocycles. The summed E-state index contributed by atoms with van der Waals surface area (Å²) < 4.78 is 5.47. The number of anilines is 1. The van der Waals surface area contributed by atoms with Crippen molar-refractivity contribution in [3.8, 4) is 0 Å². The van der Waals surface area contributed by atoms with Crippen LogP contribution in [0, 0.1) is 0 Å². The van der Waals surface area contributed by atoms with Crippen molar-refractivity contribution in [2.24, 2.45) is 0 Å². The van der Waals surface area contributed by atoms with Gasteiger partial charge in [0.05, 0.1) is 19.3 Å². The molecule has 0 bridgehead atoms. The third kappa shape index (κ3) is 3.74. The van der Waals surface area contributed by atoms with E-state index in [2.05, 4.69) is 5.32 Å². The van der Waals surface area contributed by atoms with Gasteiger partial charge in [0.1, 0.15) is 6.04 Å². The van der Waals surface area contributed by atoms with E-state index in [9.17, 15) is 9.90 Å². The zero-order valence-corrected chi connectivity index (χ0v) is 12.9. The molecule has 1 aliphatic rings. The molecule has 1 saturated heterocycles. The highest BCUT2D eigenvalue weighted by Crippen LogP contribution is 2.28. The molecule has 1 fully saturated rings. The highest BCUT2D eigenvalue weighted by atomic mass is 16.5. The molecule has 116 valence electrons. The highest BCUT2D eigenvalue weighted by molar-refractivity contribution is 5.86. The maximum absolute atomic E-state index is 12.4. The van der Waals surface area contributed by atoms with Gasteiger partial charge in [0.15, 0.2) is 0 Å².